The van der Waals surface area contributed by atoms with Crippen molar-refractivity contribution in [3.8, 4) is 5.75 Å². The summed E-state index contributed by atoms with van der Waals surface area (Å²) in [5.41, 5.74) is 2.68. The number of hydrazine groups is 1. The number of anilines is 1. The molecule has 1 heterocycles. The van der Waals surface area contributed by atoms with Gasteiger partial charge < -0.3 is 4.74 Å². The lowest BCUT2D eigenvalue weighted by Crippen LogP contribution is -2.35. The number of hydrazone groups is 1. The fraction of sp³-hybridized carbons (Fsp3) is 0.250. The number of carbonyl (C=O) groups excluding carboxylic acids is 1. The van der Waals surface area contributed by atoms with E-state index in [2.05, 4.69) is 4.99 Å². The number of hydrogen-bond acceptors (Lipinski definition) is 3. The van der Waals surface area contributed by atoms with Crippen molar-refractivity contribution in [3.63, 3.8) is 0 Å². The molecule has 1 atom stereocenters. The molecule has 1 aliphatic heterocycles. The van der Waals surface area contributed by atoms with E-state index in [4.69, 9.17) is 4.74 Å². The maximum atomic E-state index is 12.8. The van der Waals surface area contributed by atoms with Gasteiger partial charge in [-0.25, -0.2) is 0 Å². The van der Waals surface area contributed by atoms with Crippen LogP contribution in [0.3, 0.4) is 0 Å². The minimum absolute atomic E-state index is 0.0478. The summed E-state index contributed by atoms with van der Waals surface area (Å²) in [5.74, 6) is 0.780. The molecular formula is C20H22N3O2+. The molecule has 1 aliphatic rings. The molecule has 128 valence electrons. The van der Waals surface area contributed by atoms with Gasteiger partial charge >= 0.3 is 5.91 Å². The number of para-hydroxylation sites is 1. The third kappa shape index (κ3) is 3.45. The van der Waals surface area contributed by atoms with Gasteiger partial charge in [-0.2, -0.15) is 0 Å². The maximum absolute atomic E-state index is 12.8. The molecule has 2 aromatic carbocycles. The van der Waals surface area contributed by atoms with Crippen LogP contribution in [0, 0.1) is 0 Å². The van der Waals surface area contributed by atoms with Crippen LogP contribution < -0.4 is 9.75 Å². The van der Waals surface area contributed by atoms with Gasteiger partial charge in [0, 0.05) is 13.1 Å². The Morgan fingerprint density at radius 3 is 2.48 bits per heavy atom. The van der Waals surface area contributed by atoms with Crippen LogP contribution in [0.2, 0.25) is 0 Å². The summed E-state index contributed by atoms with van der Waals surface area (Å²) in [6, 6.07) is 16.8. The summed E-state index contributed by atoms with van der Waals surface area (Å²) in [7, 11) is 1.88. The third-order valence-corrected chi connectivity index (χ3v) is 4.21. The van der Waals surface area contributed by atoms with Crippen molar-refractivity contribution >= 4 is 23.5 Å². The second-order valence-corrected chi connectivity index (χ2v) is 5.83. The topological polar surface area (TPSA) is 44.9 Å². The Bertz CT molecular complexity index is 811. The first-order valence-electron chi connectivity index (χ1n) is 8.34. The minimum atomic E-state index is -0.503. The van der Waals surface area contributed by atoms with Gasteiger partial charge in [-0.05, 0) is 48.9 Å². The van der Waals surface area contributed by atoms with Gasteiger partial charge in [0.25, 0.3) is 0 Å². The zero-order chi connectivity index (χ0) is 17.8. The molecule has 0 saturated heterocycles. The van der Waals surface area contributed by atoms with Gasteiger partial charge in [0.2, 0.25) is 11.8 Å². The van der Waals surface area contributed by atoms with Crippen LogP contribution in [0.1, 0.15) is 19.4 Å². The zero-order valence-corrected chi connectivity index (χ0v) is 14.7. The smallest absolute Gasteiger partial charge is 0.318 e. The SMILES string of the molecule is CCOc1ccc(C=N[C@H]2C(=O)N(c3ccccc3)[N+](C)=C2C)cc1. The lowest BCUT2D eigenvalue weighted by atomic mass is 10.2. The summed E-state index contributed by atoms with van der Waals surface area (Å²) >= 11 is 0. The van der Waals surface area contributed by atoms with Crippen LogP contribution in [0.5, 0.6) is 5.75 Å². The van der Waals surface area contributed by atoms with Gasteiger partial charge in [0.15, 0.2) is 7.05 Å². The molecular weight excluding hydrogens is 314 g/mol. The van der Waals surface area contributed by atoms with Gasteiger partial charge in [0.05, 0.1) is 6.61 Å². The highest BCUT2D eigenvalue weighted by atomic mass is 16.5. The van der Waals surface area contributed by atoms with Gasteiger partial charge in [-0.3, -0.25) is 9.79 Å². The van der Waals surface area contributed by atoms with Crippen molar-refractivity contribution in [2.45, 2.75) is 19.9 Å². The highest BCUT2D eigenvalue weighted by molar-refractivity contribution is 6.15. The predicted molar refractivity (Wildman–Crippen MR) is 99.8 cm³/mol. The molecule has 0 aliphatic carbocycles. The molecule has 0 spiro atoms. The Morgan fingerprint density at radius 2 is 1.84 bits per heavy atom. The molecule has 0 aromatic heterocycles. The van der Waals surface area contributed by atoms with E-state index in [1.54, 1.807) is 11.2 Å². The third-order valence-electron chi connectivity index (χ3n) is 4.21. The van der Waals surface area contributed by atoms with Crippen LogP contribution >= 0.6 is 0 Å². The summed E-state index contributed by atoms with van der Waals surface area (Å²) < 4.78 is 7.29. The highest BCUT2D eigenvalue weighted by Crippen LogP contribution is 2.21. The molecule has 0 N–H and O–H groups in total. The molecule has 1 amide bonds. The van der Waals surface area contributed by atoms with Crippen molar-refractivity contribution in [1.82, 2.24) is 0 Å². The van der Waals surface area contributed by atoms with Crippen molar-refractivity contribution in [1.29, 1.82) is 0 Å². The van der Waals surface area contributed by atoms with E-state index in [0.717, 1.165) is 22.7 Å². The first-order valence-corrected chi connectivity index (χ1v) is 8.34. The fourth-order valence-electron chi connectivity index (χ4n) is 2.80. The predicted octanol–water partition coefficient (Wildman–Crippen LogP) is 2.94. The Hall–Kier alpha value is -2.95. The molecule has 0 unspecified atom stereocenters. The molecule has 0 radical (unpaired) electrons. The Labute approximate surface area is 147 Å². The molecule has 3 rings (SSSR count). The fourth-order valence-corrected chi connectivity index (χ4v) is 2.80. The summed E-state index contributed by atoms with van der Waals surface area (Å²) in [6.07, 6.45) is 1.74. The Morgan fingerprint density at radius 1 is 1.16 bits per heavy atom. The molecule has 2 aromatic rings. The summed E-state index contributed by atoms with van der Waals surface area (Å²) in [4.78, 5) is 17.3. The summed E-state index contributed by atoms with van der Waals surface area (Å²) in [6.45, 7) is 4.52. The number of nitrogens with zero attached hydrogens (tertiary/aromatic N) is 3. The molecule has 0 fully saturated rings. The highest BCUT2D eigenvalue weighted by Gasteiger charge is 2.44. The number of amides is 1. The average Bonchev–Trinajstić information content (AvgIpc) is 2.85. The number of rotatable bonds is 5. The van der Waals surface area contributed by atoms with Crippen LogP contribution in [0.25, 0.3) is 0 Å². The lowest BCUT2D eigenvalue weighted by Gasteiger charge is -2.10. The standard InChI is InChI=1S/C20H22N3O2/c1-4-25-18-12-10-16(11-13-18)14-21-19-15(2)22(3)23(20(19)24)17-8-6-5-7-9-17/h5-14,19H,4H2,1-3H3/q+1/t19-/m1/s1. The van der Waals surface area contributed by atoms with E-state index in [0.29, 0.717) is 6.61 Å². The van der Waals surface area contributed by atoms with E-state index in [9.17, 15) is 4.79 Å². The van der Waals surface area contributed by atoms with Crippen molar-refractivity contribution in [2.75, 3.05) is 18.7 Å². The largest absolute Gasteiger partial charge is 0.494 e. The van der Waals surface area contributed by atoms with Crippen LogP contribution in [-0.2, 0) is 4.79 Å². The molecule has 5 nitrogen and oxygen atoms in total. The summed E-state index contributed by atoms with van der Waals surface area (Å²) in [5, 5.41) is 1.66. The average molecular weight is 336 g/mol. The second-order valence-electron chi connectivity index (χ2n) is 5.83. The van der Waals surface area contributed by atoms with Gasteiger partial charge in [-0.15, -0.1) is 4.68 Å². The Kier molecular flexibility index (Phi) is 4.93. The molecule has 25 heavy (non-hydrogen) atoms. The minimum Gasteiger partial charge on any atom is -0.494 e. The normalized spacial score (nSPS) is 17.6. The second kappa shape index (κ2) is 7.30. The molecule has 0 saturated carbocycles. The number of hydrogen-bond donors (Lipinski definition) is 0. The lowest BCUT2D eigenvalue weighted by molar-refractivity contribution is -0.495. The van der Waals surface area contributed by atoms with E-state index >= 15 is 0 Å². The van der Waals surface area contributed by atoms with E-state index < -0.39 is 6.04 Å². The van der Waals surface area contributed by atoms with Crippen molar-refractivity contribution in [3.05, 3.63) is 60.2 Å². The van der Waals surface area contributed by atoms with E-state index in [-0.39, 0.29) is 5.91 Å². The quantitative estimate of drug-likeness (QED) is 0.622. The van der Waals surface area contributed by atoms with Crippen LogP contribution in [0.15, 0.2) is 59.6 Å². The number of benzene rings is 2. The van der Waals surface area contributed by atoms with Crippen LogP contribution in [-0.4, -0.2) is 42.2 Å². The van der Waals surface area contributed by atoms with E-state index in [1.165, 1.54) is 0 Å². The molecule has 5 heteroatoms. The van der Waals surface area contributed by atoms with Crippen molar-refractivity contribution in [2.24, 2.45) is 4.99 Å². The van der Waals surface area contributed by atoms with Gasteiger partial charge in [0.1, 0.15) is 11.4 Å². The first-order chi connectivity index (χ1) is 12.1. The number of carbonyl (C=O) groups is 1. The monoisotopic (exact) mass is 336 g/mol. The van der Waals surface area contributed by atoms with Gasteiger partial charge in [-0.1, -0.05) is 23.2 Å². The first kappa shape index (κ1) is 16.9. The number of ether oxygens (including phenoxy) is 1. The van der Waals surface area contributed by atoms with Crippen molar-refractivity contribution < 1.29 is 14.2 Å². The van der Waals surface area contributed by atoms with E-state index in [1.807, 2.05) is 80.2 Å². The van der Waals surface area contributed by atoms with Crippen LogP contribution in [0.4, 0.5) is 5.69 Å². The Balaban J connectivity index is 1.80. The molecule has 0 bridgehead atoms. The number of aliphatic imine (C=N–C) groups is 1. The zero-order valence-electron chi connectivity index (χ0n) is 14.7. The maximum Gasteiger partial charge on any atom is 0.318 e.